The summed E-state index contributed by atoms with van der Waals surface area (Å²) in [5, 5.41) is 8.52. The van der Waals surface area contributed by atoms with Crippen molar-refractivity contribution in [3.63, 3.8) is 0 Å². The highest BCUT2D eigenvalue weighted by Crippen LogP contribution is 2.40. The molecule has 0 N–H and O–H groups in total. The monoisotopic (exact) mass is 135 g/mol. The van der Waals surface area contributed by atoms with Crippen LogP contribution in [0.25, 0.3) is 0 Å². The molecule has 1 saturated heterocycles. The van der Waals surface area contributed by atoms with Gasteiger partial charge in [-0.15, -0.1) is 0 Å². The molecular weight excluding hydrogens is 126 g/mol. The smallest absolute Gasteiger partial charge is 0.0954 e. The van der Waals surface area contributed by atoms with Gasteiger partial charge in [0.25, 0.3) is 0 Å². The van der Waals surface area contributed by atoms with Crippen molar-refractivity contribution in [1.82, 2.24) is 0 Å². The molecule has 1 spiro atoms. The summed E-state index contributed by atoms with van der Waals surface area (Å²) in [5.41, 5.74) is 1.11. The zero-order valence-corrected chi connectivity index (χ0v) is 5.76. The number of hydrogen-bond donors (Lipinski definition) is 0. The topological polar surface area (TPSA) is 36.3 Å². The lowest BCUT2D eigenvalue weighted by atomic mass is 9.91. The minimum atomic E-state index is 0.181. The van der Waals surface area contributed by atoms with Crippen LogP contribution in [-0.2, 0) is 4.74 Å². The van der Waals surface area contributed by atoms with Gasteiger partial charge in [0.2, 0.25) is 0 Å². The summed E-state index contributed by atoms with van der Waals surface area (Å²) in [4.78, 5) is 0. The third-order valence-corrected chi connectivity index (χ3v) is 2.27. The molecule has 0 amide bonds. The fourth-order valence-electron chi connectivity index (χ4n) is 1.34. The lowest BCUT2D eigenvalue weighted by Crippen LogP contribution is -2.13. The Kier molecular flexibility index (Phi) is 1.09. The van der Waals surface area contributed by atoms with Crippen LogP contribution in [0.2, 0.25) is 0 Å². The van der Waals surface area contributed by atoms with Gasteiger partial charge in [-0.25, -0.2) is 0 Å². The second-order valence-corrected chi connectivity index (χ2v) is 3.02. The van der Waals surface area contributed by atoms with Crippen LogP contribution in [0.1, 0.15) is 19.3 Å². The average molecular weight is 135 g/mol. The molecule has 10 heavy (non-hydrogen) atoms. The van der Waals surface area contributed by atoms with E-state index in [1.165, 1.54) is 0 Å². The normalized spacial score (nSPS) is 36.9. The first kappa shape index (κ1) is 5.94. The van der Waals surface area contributed by atoms with Gasteiger partial charge < -0.3 is 4.74 Å². The minimum absolute atomic E-state index is 0.181. The van der Waals surface area contributed by atoms with Crippen molar-refractivity contribution in [2.75, 3.05) is 6.61 Å². The Morgan fingerprint density at radius 2 is 2.50 bits per heavy atom. The molecule has 1 aliphatic carbocycles. The molecular formula is C8H9NO. The van der Waals surface area contributed by atoms with E-state index < -0.39 is 0 Å². The quantitative estimate of drug-likeness (QED) is 0.470. The van der Waals surface area contributed by atoms with E-state index in [2.05, 4.69) is 6.07 Å². The molecule has 0 radical (unpaired) electrons. The van der Waals surface area contributed by atoms with Gasteiger partial charge in [0.15, 0.2) is 0 Å². The predicted molar refractivity (Wildman–Crippen MR) is 36.2 cm³/mol. The third kappa shape index (κ3) is 0.833. The van der Waals surface area contributed by atoms with Crippen LogP contribution < -0.4 is 0 Å². The Hall–Kier alpha value is -0.810. The zero-order valence-electron chi connectivity index (χ0n) is 5.76. The van der Waals surface area contributed by atoms with Crippen LogP contribution in [0.4, 0.5) is 0 Å². The number of ether oxygens (including phenoxy) is 1. The highest BCUT2D eigenvalue weighted by Gasteiger charge is 2.44. The van der Waals surface area contributed by atoms with Crippen LogP contribution in [0, 0.1) is 11.3 Å². The molecule has 0 bridgehead atoms. The molecule has 1 aliphatic heterocycles. The van der Waals surface area contributed by atoms with Crippen molar-refractivity contribution in [2.45, 2.75) is 24.9 Å². The minimum Gasteiger partial charge on any atom is -0.369 e. The number of hydrogen-bond acceptors (Lipinski definition) is 2. The van der Waals surface area contributed by atoms with E-state index in [1.54, 1.807) is 0 Å². The molecule has 0 saturated carbocycles. The predicted octanol–water partition coefficient (Wildman–Crippen LogP) is 1.39. The summed E-state index contributed by atoms with van der Waals surface area (Å²) >= 11 is 0. The Morgan fingerprint density at radius 1 is 1.70 bits per heavy atom. The molecule has 1 heterocycles. The van der Waals surface area contributed by atoms with E-state index in [0.717, 1.165) is 31.4 Å². The standard InChI is InChI=1S/C8H9NO/c9-5-7-1-3-8(4-2-7)6-10-8/h1H,2-4,6H2. The van der Waals surface area contributed by atoms with Gasteiger partial charge in [0.05, 0.1) is 18.3 Å². The van der Waals surface area contributed by atoms with Gasteiger partial charge in [-0.05, 0) is 19.3 Å². The van der Waals surface area contributed by atoms with E-state index >= 15 is 0 Å². The van der Waals surface area contributed by atoms with E-state index in [-0.39, 0.29) is 5.60 Å². The van der Waals surface area contributed by atoms with Crippen molar-refractivity contribution in [2.24, 2.45) is 0 Å². The average Bonchev–Trinajstić information content (AvgIpc) is 2.72. The Morgan fingerprint density at radius 3 is 2.90 bits per heavy atom. The molecule has 1 atom stereocenters. The van der Waals surface area contributed by atoms with Crippen LogP contribution in [0.5, 0.6) is 0 Å². The molecule has 0 aromatic rings. The number of nitriles is 1. The summed E-state index contributed by atoms with van der Waals surface area (Å²) in [6.45, 7) is 0.905. The first-order valence-corrected chi connectivity index (χ1v) is 3.58. The molecule has 52 valence electrons. The van der Waals surface area contributed by atoms with Crippen molar-refractivity contribution < 1.29 is 4.74 Å². The summed E-state index contributed by atoms with van der Waals surface area (Å²) in [6, 6.07) is 2.17. The number of nitrogens with zero attached hydrogens (tertiary/aromatic N) is 1. The third-order valence-electron chi connectivity index (χ3n) is 2.27. The van der Waals surface area contributed by atoms with Gasteiger partial charge in [-0.1, -0.05) is 6.08 Å². The highest BCUT2D eigenvalue weighted by molar-refractivity contribution is 5.25. The molecule has 2 nitrogen and oxygen atoms in total. The molecule has 0 aromatic carbocycles. The van der Waals surface area contributed by atoms with Crippen LogP contribution >= 0.6 is 0 Å². The number of allylic oxidation sites excluding steroid dienone is 1. The van der Waals surface area contributed by atoms with E-state index in [0.29, 0.717) is 0 Å². The van der Waals surface area contributed by atoms with Crippen molar-refractivity contribution in [1.29, 1.82) is 5.26 Å². The summed E-state index contributed by atoms with van der Waals surface area (Å²) < 4.78 is 5.28. The van der Waals surface area contributed by atoms with Gasteiger partial charge in [0.1, 0.15) is 0 Å². The number of rotatable bonds is 0. The summed E-state index contributed by atoms with van der Waals surface area (Å²) in [7, 11) is 0. The maximum atomic E-state index is 8.52. The SMILES string of the molecule is N#CC1=CCC2(CC1)CO2. The van der Waals surface area contributed by atoms with E-state index in [4.69, 9.17) is 10.00 Å². The molecule has 1 fully saturated rings. The lowest BCUT2D eigenvalue weighted by molar-refractivity contribution is 0.284. The Bertz CT molecular complexity index is 220. The summed E-state index contributed by atoms with van der Waals surface area (Å²) in [5.74, 6) is 0. The molecule has 0 aromatic heterocycles. The van der Waals surface area contributed by atoms with Crippen molar-refractivity contribution in [3.05, 3.63) is 11.6 Å². The van der Waals surface area contributed by atoms with Crippen molar-refractivity contribution >= 4 is 0 Å². The molecule has 2 aliphatic rings. The molecule has 2 rings (SSSR count). The molecule has 1 unspecified atom stereocenters. The van der Waals surface area contributed by atoms with Gasteiger partial charge in [0, 0.05) is 5.57 Å². The largest absolute Gasteiger partial charge is 0.369 e. The van der Waals surface area contributed by atoms with E-state index in [1.807, 2.05) is 6.08 Å². The highest BCUT2D eigenvalue weighted by atomic mass is 16.6. The first-order valence-electron chi connectivity index (χ1n) is 3.58. The van der Waals surface area contributed by atoms with Crippen LogP contribution in [0.15, 0.2) is 11.6 Å². The number of epoxide rings is 1. The van der Waals surface area contributed by atoms with Gasteiger partial charge in [-0.3, -0.25) is 0 Å². The first-order chi connectivity index (χ1) is 4.85. The lowest BCUT2D eigenvalue weighted by Gasteiger charge is -2.13. The molecule has 2 heteroatoms. The summed E-state index contributed by atoms with van der Waals surface area (Å²) in [6.07, 6.45) is 4.93. The Labute approximate surface area is 60.1 Å². The maximum Gasteiger partial charge on any atom is 0.0954 e. The van der Waals surface area contributed by atoms with Crippen molar-refractivity contribution in [3.8, 4) is 6.07 Å². The Balaban J connectivity index is 2.08. The fraction of sp³-hybridized carbons (Fsp3) is 0.625. The zero-order chi connectivity index (χ0) is 7.03. The second-order valence-electron chi connectivity index (χ2n) is 3.02. The fourth-order valence-corrected chi connectivity index (χ4v) is 1.34. The maximum absolute atomic E-state index is 8.52. The van der Waals surface area contributed by atoms with E-state index in [9.17, 15) is 0 Å². The van der Waals surface area contributed by atoms with Crippen LogP contribution in [-0.4, -0.2) is 12.2 Å². The second kappa shape index (κ2) is 1.83. The van der Waals surface area contributed by atoms with Gasteiger partial charge in [-0.2, -0.15) is 5.26 Å². The van der Waals surface area contributed by atoms with Gasteiger partial charge >= 0.3 is 0 Å². The van der Waals surface area contributed by atoms with Crippen LogP contribution in [0.3, 0.4) is 0 Å².